The number of unbranched alkanes of at least 4 members (excludes halogenated alkanes) is 34. The van der Waals surface area contributed by atoms with Gasteiger partial charge in [0.15, 0.2) is 0 Å². The predicted octanol–water partition coefficient (Wildman–Crippen LogP) is 17.1. The maximum Gasteiger partial charge on any atom is 0.472 e. The molecule has 0 aliphatic carbocycles. The van der Waals surface area contributed by atoms with Gasteiger partial charge in [0.1, 0.15) is 19.3 Å². The van der Waals surface area contributed by atoms with Crippen molar-refractivity contribution in [2.24, 2.45) is 0 Å². The first kappa shape index (κ1) is 63.0. The fraction of sp³-hybridized carbons (Fsp3) is 0.909. The number of hydrogen-bond donors (Lipinski definition) is 1. The second kappa shape index (κ2) is 48.4. The quantitative estimate of drug-likeness (QED) is 0.0214. The van der Waals surface area contributed by atoms with Crippen molar-refractivity contribution in [1.82, 2.24) is 0 Å². The van der Waals surface area contributed by atoms with Gasteiger partial charge in [-0.1, -0.05) is 237 Å². The molecule has 8 nitrogen and oxygen atoms in total. The molecule has 9 heteroatoms. The molecule has 0 radical (unpaired) electrons. The molecule has 2 atom stereocenters. The Hall–Kier alpha value is -1.02. The molecule has 0 aromatic carbocycles. The zero-order chi connectivity index (χ0) is 46.9. The molecule has 0 saturated heterocycles. The summed E-state index contributed by atoms with van der Waals surface area (Å²) in [5.41, 5.74) is 0. The van der Waals surface area contributed by atoms with E-state index in [1.165, 1.54) is 205 Å². The van der Waals surface area contributed by atoms with Crippen LogP contribution in [0, 0.1) is 0 Å². The Balaban J connectivity index is 4.05. The number of phosphoric acid groups is 1. The van der Waals surface area contributed by atoms with Gasteiger partial charge in [-0.15, -0.1) is 0 Å². The minimum atomic E-state index is -4.28. The second-order valence-electron chi connectivity index (χ2n) is 20.0. The molecule has 0 amide bonds. The maximum absolute atomic E-state index is 12.8. The van der Waals surface area contributed by atoms with Crippen LogP contribution in [-0.2, 0) is 27.9 Å². The summed E-state index contributed by atoms with van der Waals surface area (Å²) in [5, 5.41) is 0. The van der Waals surface area contributed by atoms with E-state index in [-0.39, 0.29) is 25.8 Å². The van der Waals surface area contributed by atoms with Crippen LogP contribution in [-0.4, -0.2) is 75.6 Å². The molecule has 380 valence electrons. The van der Waals surface area contributed by atoms with E-state index in [2.05, 4.69) is 38.2 Å². The highest BCUT2D eigenvalue weighted by Crippen LogP contribution is 2.43. The lowest BCUT2D eigenvalue weighted by atomic mass is 10.0. The molecule has 0 aliphatic rings. The van der Waals surface area contributed by atoms with E-state index in [0.717, 1.165) is 38.5 Å². The van der Waals surface area contributed by atoms with Gasteiger partial charge < -0.3 is 18.9 Å². The summed E-state index contributed by atoms with van der Waals surface area (Å²) >= 11 is 0. The molecule has 0 saturated carbocycles. The molecule has 2 unspecified atom stereocenters. The Morgan fingerprint density at radius 2 is 0.859 bits per heavy atom. The lowest BCUT2D eigenvalue weighted by molar-refractivity contribution is -0.870. The van der Waals surface area contributed by atoms with Crippen LogP contribution in [0.4, 0.5) is 0 Å². The number of rotatable bonds is 52. The average molecular weight is 927 g/mol. The van der Waals surface area contributed by atoms with Crippen molar-refractivity contribution >= 4 is 13.8 Å². The summed E-state index contributed by atoms with van der Waals surface area (Å²) in [6.07, 6.45) is 58.0. The summed E-state index contributed by atoms with van der Waals surface area (Å²) in [7, 11) is 1.68. The van der Waals surface area contributed by atoms with Gasteiger partial charge >= 0.3 is 13.8 Å². The van der Waals surface area contributed by atoms with Crippen molar-refractivity contribution < 1.29 is 37.3 Å². The van der Waals surface area contributed by atoms with Gasteiger partial charge in [0.05, 0.1) is 34.4 Å². The molecule has 0 rings (SSSR count). The van der Waals surface area contributed by atoms with Gasteiger partial charge in [-0.2, -0.15) is 0 Å². The predicted molar refractivity (Wildman–Crippen MR) is 275 cm³/mol. The van der Waals surface area contributed by atoms with E-state index in [4.69, 9.17) is 18.5 Å². The van der Waals surface area contributed by atoms with Crippen LogP contribution in [0.2, 0.25) is 0 Å². The third kappa shape index (κ3) is 52.0. The third-order valence-corrected chi connectivity index (χ3v) is 13.2. The van der Waals surface area contributed by atoms with Crippen molar-refractivity contribution in [2.75, 3.05) is 54.1 Å². The fourth-order valence-electron chi connectivity index (χ4n) is 8.00. The van der Waals surface area contributed by atoms with E-state index in [9.17, 15) is 14.3 Å². The standard InChI is InChI=1S/C55H108NO7P/c1-6-8-10-12-14-16-18-20-22-24-25-26-27-28-29-30-31-32-34-36-38-40-42-44-46-48-55(57)63-54(53-62-64(58,59)61-51-49-56(3,4)5)52-60-50-47-45-43-41-39-37-35-33-23-21-19-17-15-13-11-9-7-2/h18,20,24-25,54H,6-17,19,21-23,26-53H2,1-5H3/p+1/b20-18-,25-24-. The number of nitrogens with zero attached hydrogens (tertiary/aromatic N) is 1. The van der Waals surface area contributed by atoms with E-state index in [1.54, 1.807) is 0 Å². The first-order valence-electron chi connectivity index (χ1n) is 27.6. The SMILES string of the molecule is CCCCCCC/C=C\C/C=C\CCCCCCCCCCCCCCCC(=O)OC(COCCCCCCCCCCCCCCCCCCC)COP(=O)(O)OCC[N+](C)(C)C. The number of esters is 1. The van der Waals surface area contributed by atoms with Crippen LogP contribution >= 0.6 is 7.82 Å². The summed E-state index contributed by atoms with van der Waals surface area (Å²) < 4.78 is 35.2. The van der Waals surface area contributed by atoms with Crippen LogP contribution in [0.3, 0.4) is 0 Å². The molecule has 0 heterocycles. The molecule has 0 aromatic rings. The van der Waals surface area contributed by atoms with Crippen molar-refractivity contribution in [1.29, 1.82) is 0 Å². The maximum atomic E-state index is 12.8. The van der Waals surface area contributed by atoms with Gasteiger partial charge in [-0.05, 0) is 44.9 Å². The van der Waals surface area contributed by atoms with Gasteiger partial charge in [-0.3, -0.25) is 13.8 Å². The first-order valence-corrected chi connectivity index (χ1v) is 29.1. The highest BCUT2D eigenvalue weighted by molar-refractivity contribution is 7.47. The van der Waals surface area contributed by atoms with Gasteiger partial charge in [-0.25, -0.2) is 4.57 Å². The lowest BCUT2D eigenvalue weighted by Gasteiger charge is -2.24. The van der Waals surface area contributed by atoms with Crippen molar-refractivity contribution in [3.05, 3.63) is 24.3 Å². The monoisotopic (exact) mass is 927 g/mol. The average Bonchev–Trinajstić information content (AvgIpc) is 3.25. The highest BCUT2D eigenvalue weighted by Gasteiger charge is 2.26. The van der Waals surface area contributed by atoms with Crippen molar-refractivity contribution in [3.8, 4) is 0 Å². The minimum absolute atomic E-state index is 0.0914. The zero-order valence-corrected chi connectivity index (χ0v) is 44.2. The Kier molecular flexibility index (Phi) is 47.7. The molecule has 64 heavy (non-hydrogen) atoms. The number of ether oxygens (including phenoxy) is 2. The molecule has 0 aromatic heterocycles. The molecule has 0 fully saturated rings. The van der Waals surface area contributed by atoms with Crippen LogP contribution in [0.25, 0.3) is 0 Å². The second-order valence-corrected chi connectivity index (χ2v) is 21.4. The number of allylic oxidation sites excluding steroid dienone is 4. The zero-order valence-electron chi connectivity index (χ0n) is 43.3. The van der Waals surface area contributed by atoms with Crippen LogP contribution in [0.15, 0.2) is 24.3 Å². The summed E-state index contributed by atoms with van der Waals surface area (Å²) in [4.78, 5) is 23.0. The van der Waals surface area contributed by atoms with Crippen molar-refractivity contribution in [2.45, 2.75) is 270 Å². The van der Waals surface area contributed by atoms with E-state index < -0.39 is 13.9 Å². The van der Waals surface area contributed by atoms with Crippen molar-refractivity contribution in [3.63, 3.8) is 0 Å². The summed E-state index contributed by atoms with van der Waals surface area (Å²) in [6.45, 7) is 5.68. The number of carbonyl (C=O) groups excluding carboxylic acids is 1. The van der Waals surface area contributed by atoms with Crippen LogP contribution in [0.5, 0.6) is 0 Å². The first-order chi connectivity index (χ1) is 31.1. The number of phosphoric ester groups is 1. The van der Waals surface area contributed by atoms with Gasteiger partial charge in [0, 0.05) is 13.0 Å². The largest absolute Gasteiger partial charge is 0.472 e. The Morgan fingerprint density at radius 3 is 1.27 bits per heavy atom. The third-order valence-electron chi connectivity index (χ3n) is 12.3. The van der Waals surface area contributed by atoms with E-state index >= 15 is 0 Å². The topological polar surface area (TPSA) is 91.3 Å². The molecular weight excluding hydrogens is 818 g/mol. The molecular formula is C55H109NO7P+. The minimum Gasteiger partial charge on any atom is -0.457 e. The smallest absolute Gasteiger partial charge is 0.457 e. The molecule has 1 N–H and O–H groups in total. The normalized spacial score (nSPS) is 13.7. The molecule has 0 spiro atoms. The number of hydrogen-bond acceptors (Lipinski definition) is 6. The molecule has 0 aliphatic heterocycles. The highest BCUT2D eigenvalue weighted by atomic mass is 31.2. The van der Waals surface area contributed by atoms with Crippen LogP contribution < -0.4 is 0 Å². The van der Waals surface area contributed by atoms with Crippen LogP contribution in [0.1, 0.15) is 264 Å². The van der Waals surface area contributed by atoms with E-state index in [0.29, 0.717) is 24.1 Å². The van der Waals surface area contributed by atoms with Gasteiger partial charge in [0.2, 0.25) is 0 Å². The Labute approximate surface area is 398 Å². The number of quaternary nitrogens is 1. The van der Waals surface area contributed by atoms with Gasteiger partial charge in [0.25, 0.3) is 0 Å². The summed E-state index contributed by atoms with van der Waals surface area (Å²) in [5.74, 6) is -0.309. The Morgan fingerprint density at radius 1 is 0.484 bits per heavy atom. The fourth-order valence-corrected chi connectivity index (χ4v) is 8.74. The Bertz CT molecular complexity index is 1080. The number of carbonyl (C=O) groups is 1. The molecule has 0 bridgehead atoms. The number of likely N-dealkylation sites (N-methyl/N-ethyl adjacent to an activating group) is 1. The summed E-state index contributed by atoms with van der Waals surface area (Å²) in [6, 6.07) is 0. The van der Waals surface area contributed by atoms with E-state index in [1.807, 2.05) is 21.1 Å². The lowest BCUT2D eigenvalue weighted by Crippen LogP contribution is -2.37.